The molecule has 5 aliphatic rings. The summed E-state index contributed by atoms with van der Waals surface area (Å²) in [5, 5.41) is 19.1. The van der Waals surface area contributed by atoms with E-state index in [9.17, 15) is 38.7 Å². The molecule has 0 bridgehead atoms. The van der Waals surface area contributed by atoms with E-state index in [4.69, 9.17) is 10.5 Å². The maximum Gasteiger partial charge on any atom is 0.329 e. The molecular formula is C47H71N9O9. The highest BCUT2D eigenvalue weighted by atomic mass is 16.5. The van der Waals surface area contributed by atoms with Crippen molar-refractivity contribution in [2.24, 2.45) is 24.6 Å². The van der Waals surface area contributed by atoms with Gasteiger partial charge in [0.1, 0.15) is 30.6 Å². The predicted molar refractivity (Wildman–Crippen MR) is 242 cm³/mol. The smallest absolute Gasteiger partial charge is 0.329 e. The number of aromatic nitrogens is 2. The molecule has 65 heavy (non-hydrogen) atoms. The highest BCUT2D eigenvalue weighted by Gasteiger charge is 2.44. The topological polar surface area (TPSA) is 231 Å². The van der Waals surface area contributed by atoms with Crippen LogP contribution in [0.25, 0.3) is 11.0 Å². The molecule has 1 aromatic carbocycles. The van der Waals surface area contributed by atoms with Gasteiger partial charge in [0.15, 0.2) is 0 Å². The van der Waals surface area contributed by atoms with Crippen molar-refractivity contribution in [2.75, 3.05) is 33.3 Å². The molecule has 18 nitrogen and oxygen atoms in total. The maximum absolute atomic E-state index is 14.4. The summed E-state index contributed by atoms with van der Waals surface area (Å²) in [6, 6.07) is 2.73. The molecule has 1 saturated carbocycles. The van der Waals surface area contributed by atoms with Crippen LogP contribution >= 0.6 is 0 Å². The van der Waals surface area contributed by atoms with Crippen LogP contribution < -0.4 is 27.4 Å². The maximum atomic E-state index is 14.4. The molecule has 1 aliphatic carbocycles. The van der Waals surface area contributed by atoms with Gasteiger partial charge in [-0.2, -0.15) is 0 Å². The van der Waals surface area contributed by atoms with Crippen molar-refractivity contribution in [3.8, 4) is 0 Å². The van der Waals surface area contributed by atoms with Gasteiger partial charge in [0.25, 0.3) is 0 Å². The normalized spacial score (nSPS) is 25.3. The van der Waals surface area contributed by atoms with Crippen LogP contribution in [0.3, 0.4) is 0 Å². The molecule has 6 N–H and O–H groups in total. The zero-order chi connectivity index (χ0) is 46.4. The van der Waals surface area contributed by atoms with Gasteiger partial charge in [0.2, 0.25) is 35.4 Å². The van der Waals surface area contributed by atoms with E-state index in [1.54, 1.807) is 28.2 Å². The Morgan fingerprint density at radius 2 is 1.66 bits per heavy atom. The first-order valence-electron chi connectivity index (χ1n) is 24.2. The predicted octanol–water partition coefficient (Wildman–Crippen LogP) is 1.93. The van der Waals surface area contributed by atoms with E-state index in [1.165, 1.54) is 0 Å². The molecular weight excluding hydrogens is 835 g/mol. The number of nitrogens with zero attached hydrogens (tertiary/aromatic N) is 5. The Balaban J connectivity index is 0.945. The third-order valence-corrected chi connectivity index (χ3v) is 15.1. The molecule has 7 rings (SSSR count). The summed E-state index contributed by atoms with van der Waals surface area (Å²) in [5.74, 6) is -1.64. The Morgan fingerprint density at radius 3 is 2.37 bits per heavy atom. The zero-order valence-corrected chi connectivity index (χ0v) is 38.5. The van der Waals surface area contributed by atoms with Crippen molar-refractivity contribution < 1.29 is 38.6 Å². The minimum absolute atomic E-state index is 0.0257. The first-order chi connectivity index (χ1) is 31.2. The first-order valence-corrected chi connectivity index (χ1v) is 24.2. The summed E-state index contributed by atoms with van der Waals surface area (Å²) >= 11 is 0. The third kappa shape index (κ3) is 11.2. The highest BCUT2D eigenvalue weighted by molar-refractivity contribution is 5.95. The fourth-order valence-electron chi connectivity index (χ4n) is 11.2. The fraction of sp³-hybridized carbons (Fsp3) is 0.723. The highest BCUT2D eigenvalue weighted by Crippen LogP contribution is 2.32. The van der Waals surface area contributed by atoms with Crippen LogP contribution in [0.4, 0.5) is 0 Å². The van der Waals surface area contributed by atoms with Gasteiger partial charge in [0, 0.05) is 65.6 Å². The van der Waals surface area contributed by atoms with Crippen LogP contribution in [0.1, 0.15) is 128 Å². The summed E-state index contributed by atoms with van der Waals surface area (Å²) in [5.41, 5.74) is 7.91. The van der Waals surface area contributed by atoms with Crippen molar-refractivity contribution in [3.05, 3.63) is 34.2 Å². The van der Waals surface area contributed by atoms with Crippen LogP contribution in [-0.4, -0.2) is 134 Å². The number of imidazole rings is 1. The van der Waals surface area contributed by atoms with E-state index < -0.39 is 48.1 Å². The number of fused-ring (bicyclic) bond motifs is 2. The van der Waals surface area contributed by atoms with E-state index in [-0.39, 0.29) is 67.3 Å². The second-order valence-corrected chi connectivity index (χ2v) is 19.2. The molecule has 5 fully saturated rings. The quantitative estimate of drug-likeness (QED) is 0.164. The summed E-state index contributed by atoms with van der Waals surface area (Å²) in [6.45, 7) is 4.36. The largest absolute Gasteiger partial charge is 0.372 e. The Hall–Kier alpha value is -4.81. The van der Waals surface area contributed by atoms with Crippen molar-refractivity contribution in [1.29, 1.82) is 0 Å². The number of ether oxygens (including phenoxy) is 1. The van der Waals surface area contributed by atoms with Crippen molar-refractivity contribution >= 4 is 46.5 Å². The minimum Gasteiger partial charge on any atom is -0.372 e. The number of methoxy groups -OCH3 is 1. The number of nitrogens with two attached hydrogens (primary N) is 1. The molecule has 18 heteroatoms. The number of rotatable bonds is 16. The Labute approximate surface area is 381 Å². The Morgan fingerprint density at radius 1 is 0.908 bits per heavy atom. The van der Waals surface area contributed by atoms with Crippen LogP contribution in [0, 0.1) is 11.8 Å². The number of carbonyl (C=O) groups excluding carboxylic acids is 6. The molecule has 0 radical (unpaired) electrons. The minimum atomic E-state index is -1.13. The number of hydrogen-bond donors (Lipinski definition) is 5. The summed E-state index contributed by atoms with van der Waals surface area (Å²) in [4.78, 5) is 98.9. The SMILES string of the molecule is COC(C)N1CCC(=O)N2[C@H](CC[C@H]2C(=O)N[C@@H](CCC(N)=O)C(=O)N[C@H](C(=O)N2CCC(CCCc3ccc4c(c3)n(C)c(=O)n4C3CCC(=O)NC3O)CC2)C2CCCCC2)CC1. The molecule has 5 heterocycles. The van der Waals surface area contributed by atoms with E-state index in [2.05, 4.69) is 20.9 Å². The average molecular weight is 906 g/mol. The van der Waals surface area contributed by atoms with Gasteiger partial charge in [-0.15, -0.1) is 0 Å². The van der Waals surface area contributed by atoms with Crippen LogP contribution in [0.2, 0.25) is 0 Å². The van der Waals surface area contributed by atoms with Crippen LogP contribution in [-0.2, 0) is 47.0 Å². The van der Waals surface area contributed by atoms with E-state index in [1.807, 2.05) is 30.0 Å². The second-order valence-electron chi connectivity index (χ2n) is 19.2. The van der Waals surface area contributed by atoms with E-state index in [0.29, 0.717) is 51.2 Å². The number of primary amides is 1. The van der Waals surface area contributed by atoms with E-state index in [0.717, 1.165) is 87.3 Å². The lowest BCUT2D eigenvalue weighted by Crippen LogP contribution is -2.59. The number of hydrogen-bond acceptors (Lipinski definition) is 10. The molecule has 358 valence electrons. The second kappa shape index (κ2) is 21.7. The lowest BCUT2D eigenvalue weighted by atomic mass is 9.82. The number of aliphatic hydroxyl groups is 1. The number of carbonyl (C=O) groups is 6. The molecule has 0 spiro atoms. The molecule has 3 unspecified atom stereocenters. The lowest BCUT2D eigenvalue weighted by Gasteiger charge is -2.38. The molecule has 4 saturated heterocycles. The summed E-state index contributed by atoms with van der Waals surface area (Å²) < 4.78 is 8.68. The lowest BCUT2D eigenvalue weighted by molar-refractivity contribution is -0.144. The Bertz CT molecular complexity index is 2110. The number of aliphatic hydroxyl groups excluding tert-OH is 1. The molecule has 7 atom stereocenters. The van der Waals surface area contributed by atoms with Crippen LogP contribution in [0.15, 0.2) is 23.0 Å². The van der Waals surface area contributed by atoms with Crippen LogP contribution in [0.5, 0.6) is 0 Å². The van der Waals surface area contributed by atoms with Gasteiger partial charge in [-0.25, -0.2) is 4.79 Å². The van der Waals surface area contributed by atoms with E-state index >= 15 is 0 Å². The summed E-state index contributed by atoms with van der Waals surface area (Å²) in [6.07, 6.45) is 10.3. The van der Waals surface area contributed by atoms with Gasteiger partial charge in [-0.1, -0.05) is 25.3 Å². The average Bonchev–Trinajstić information content (AvgIpc) is 3.83. The van der Waals surface area contributed by atoms with Gasteiger partial charge in [-0.05, 0) is 114 Å². The number of nitrogens with one attached hydrogen (secondary N) is 3. The molecule has 6 amide bonds. The number of benzene rings is 1. The number of piperidine rings is 2. The van der Waals surface area contributed by atoms with Crippen molar-refractivity contribution in [2.45, 2.75) is 165 Å². The molecule has 1 aromatic heterocycles. The fourth-order valence-corrected chi connectivity index (χ4v) is 11.2. The van der Waals surface area contributed by atoms with Gasteiger partial charge < -0.3 is 41.3 Å². The van der Waals surface area contributed by atoms with Gasteiger partial charge in [-0.3, -0.25) is 42.8 Å². The Kier molecular flexibility index (Phi) is 16.0. The molecule has 4 aliphatic heterocycles. The van der Waals surface area contributed by atoms with Crippen molar-refractivity contribution in [1.82, 2.24) is 39.8 Å². The summed E-state index contributed by atoms with van der Waals surface area (Å²) in [7, 11) is 3.37. The number of amides is 6. The number of likely N-dealkylation sites (tertiary alicyclic amines) is 1. The monoisotopic (exact) mass is 906 g/mol. The zero-order valence-electron chi connectivity index (χ0n) is 38.5. The first kappa shape index (κ1) is 48.1. The molecule has 2 aromatic rings. The van der Waals surface area contributed by atoms with Gasteiger partial charge in [0.05, 0.1) is 17.1 Å². The van der Waals surface area contributed by atoms with Gasteiger partial charge >= 0.3 is 5.69 Å². The van der Waals surface area contributed by atoms with Crippen molar-refractivity contribution in [3.63, 3.8) is 0 Å². The number of aryl methyl sites for hydroxylation is 2. The standard InChI is InChI=1S/C47H71N9O9/c1-29(65-3)53-26-22-33-13-16-36(55(33)41(59)23-27-53)44(61)49-34(14-18-39(48)57)43(60)51-42(32-10-5-4-6-11-32)46(63)54-24-20-30(21-25-54)8-7-9-31-12-15-35-38(28-31)52(2)47(64)56(35)37-17-19-40(58)50-45(37)62/h12,15,28-30,32-34,36-37,42,45,62H,4-11,13-14,16-27H2,1-3H3,(H2,48,57)(H,49,61)(H,50,58)(H,51,60)/t29?,33-,34+,36+,37?,42+,45?/m1/s1. The third-order valence-electron chi connectivity index (χ3n) is 15.1.